The average molecular weight is 353 g/mol. The molecule has 1 aromatic carbocycles. The molecule has 5 rings (SSSR count). The van der Waals surface area contributed by atoms with Gasteiger partial charge in [-0.3, -0.25) is 0 Å². The SMILES string of the molecule is Cc1nc(NC[C@@H]2COc3ccccc3O2)c2c3c(sc2n1)CCC3. The van der Waals surface area contributed by atoms with E-state index < -0.39 is 0 Å². The summed E-state index contributed by atoms with van der Waals surface area (Å²) in [7, 11) is 0. The van der Waals surface area contributed by atoms with Gasteiger partial charge >= 0.3 is 0 Å². The smallest absolute Gasteiger partial charge is 0.161 e. The van der Waals surface area contributed by atoms with E-state index in [0.29, 0.717) is 13.2 Å². The summed E-state index contributed by atoms with van der Waals surface area (Å²) in [6.45, 7) is 3.15. The number of benzene rings is 1. The Hall–Kier alpha value is -2.34. The second-order valence-corrected chi connectivity index (χ2v) is 7.62. The largest absolute Gasteiger partial charge is 0.486 e. The predicted octanol–water partition coefficient (Wildman–Crippen LogP) is 3.74. The first-order chi connectivity index (χ1) is 12.3. The molecule has 0 saturated carbocycles. The molecule has 0 amide bonds. The number of hydrogen-bond acceptors (Lipinski definition) is 6. The number of para-hydroxylation sites is 2. The number of rotatable bonds is 3. The third-order valence-electron chi connectivity index (χ3n) is 4.74. The molecule has 1 atom stereocenters. The van der Waals surface area contributed by atoms with Gasteiger partial charge in [0.05, 0.1) is 11.9 Å². The lowest BCUT2D eigenvalue weighted by molar-refractivity contribution is 0.0997. The van der Waals surface area contributed by atoms with Gasteiger partial charge in [-0.15, -0.1) is 11.3 Å². The van der Waals surface area contributed by atoms with Gasteiger partial charge in [-0.2, -0.15) is 0 Å². The zero-order chi connectivity index (χ0) is 16.8. The van der Waals surface area contributed by atoms with Gasteiger partial charge in [0.2, 0.25) is 0 Å². The second-order valence-electron chi connectivity index (χ2n) is 6.54. The molecule has 3 aromatic rings. The maximum absolute atomic E-state index is 6.04. The molecule has 128 valence electrons. The highest BCUT2D eigenvalue weighted by atomic mass is 32.1. The Kier molecular flexibility index (Phi) is 3.52. The minimum atomic E-state index is -0.0353. The summed E-state index contributed by atoms with van der Waals surface area (Å²) >= 11 is 1.82. The Morgan fingerprint density at radius 3 is 3.00 bits per heavy atom. The van der Waals surface area contributed by atoms with Crippen LogP contribution in [-0.2, 0) is 12.8 Å². The molecule has 3 heterocycles. The van der Waals surface area contributed by atoms with Crippen LogP contribution in [0, 0.1) is 6.92 Å². The maximum atomic E-state index is 6.04. The molecule has 1 N–H and O–H groups in total. The van der Waals surface area contributed by atoms with Gasteiger partial charge in [-0.05, 0) is 43.9 Å². The van der Waals surface area contributed by atoms with Crippen molar-refractivity contribution in [2.75, 3.05) is 18.5 Å². The fourth-order valence-electron chi connectivity index (χ4n) is 3.60. The van der Waals surface area contributed by atoms with Crippen LogP contribution in [0.25, 0.3) is 10.2 Å². The molecule has 0 spiro atoms. The molecule has 0 radical (unpaired) electrons. The van der Waals surface area contributed by atoms with E-state index in [1.54, 1.807) is 0 Å². The first kappa shape index (κ1) is 15.0. The molecular weight excluding hydrogens is 334 g/mol. The minimum absolute atomic E-state index is 0.0353. The van der Waals surface area contributed by atoms with Crippen molar-refractivity contribution in [3.8, 4) is 11.5 Å². The normalized spacial score (nSPS) is 18.4. The quantitative estimate of drug-likeness (QED) is 0.777. The topological polar surface area (TPSA) is 56.3 Å². The van der Waals surface area contributed by atoms with Crippen molar-refractivity contribution < 1.29 is 9.47 Å². The summed E-state index contributed by atoms with van der Waals surface area (Å²) in [5, 5.41) is 4.70. The Morgan fingerprint density at radius 2 is 2.08 bits per heavy atom. The highest BCUT2D eigenvalue weighted by Gasteiger charge is 2.24. The van der Waals surface area contributed by atoms with Crippen LogP contribution in [0.2, 0.25) is 0 Å². The molecule has 0 saturated heterocycles. The Morgan fingerprint density at radius 1 is 1.20 bits per heavy atom. The van der Waals surface area contributed by atoms with E-state index in [2.05, 4.69) is 15.3 Å². The molecule has 5 nitrogen and oxygen atoms in total. The highest BCUT2D eigenvalue weighted by molar-refractivity contribution is 7.19. The summed E-state index contributed by atoms with van der Waals surface area (Å²) in [4.78, 5) is 11.9. The molecule has 0 unspecified atom stereocenters. The number of nitrogens with one attached hydrogen (secondary N) is 1. The van der Waals surface area contributed by atoms with Gasteiger partial charge in [-0.25, -0.2) is 9.97 Å². The van der Waals surface area contributed by atoms with Crippen molar-refractivity contribution in [1.82, 2.24) is 9.97 Å². The lowest BCUT2D eigenvalue weighted by Gasteiger charge is -2.26. The van der Waals surface area contributed by atoms with E-state index in [-0.39, 0.29) is 6.10 Å². The summed E-state index contributed by atoms with van der Waals surface area (Å²) in [6.07, 6.45) is 3.51. The van der Waals surface area contributed by atoms with E-state index in [1.165, 1.54) is 28.7 Å². The average Bonchev–Trinajstić information content (AvgIpc) is 3.20. The van der Waals surface area contributed by atoms with Crippen LogP contribution in [0.4, 0.5) is 5.82 Å². The fourth-order valence-corrected chi connectivity index (χ4v) is 4.91. The molecular formula is C19H19N3O2S. The van der Waals surface area contributed by atoms with Crippen molar-refractivity contribution in [2.24, 2.45) is 0 Å². The van der Waals surface area contributed by atoms with E-state index in [9.17, 15) is 0 Å². The number of nitrogens with zero attached hydrogens (tertiary/aromatic N) is 2. The lowest BCUT2D eigenvalue weighted by atomic mass is 10.2. The zero-order valence-corrected chi connectivity index (χ0v) is 14.9. The summed E-state index contributed by atoms with van der Waals surface area (Å²) in [5.41, 5.74) is 1.44. The van der Waals surface area contributed by atoms with Gasteiger partial charge in [0.1, 0.15) is 29.2 Å². The summed E-state index contributed by atoms with van der Waals surface area (Å²) in [5.74, 6) is 3.36. The van der Waals surface area contributed by atoms with Gasteiger partial charge in [-0.1, -0.05) is 12.1 Å². The number of ether oxygens (including phenoxy) is 2. The molecule has 6 heteroatoms. The summed E-state index contributed by atoms with van der Waals surface area (Å²) in [6, 6.07) is 7.80. The van der Waals surface area contributed by atoms with Crippen LogP contribution in [0.1, 0.15) is 22.7 Å². The Labute approximate surface area is 150 Å². The van der Waals surface area contributed by atoms with Crippen LogP contribution < -0.4 is 14.8 Å². The third-order valence-corrected chi connectivity index (χ3v) is 5.93. The van der Waals surface area contributed by atoms with E-state index in [0.717, 1.165) is 34.4 Å². The lowest BCUT2D eigenvalue weighted by Crippen LogP contribution is -2.35. The van der Waals surface area contributed by atoms with E-state index in [4.69, 9.17) is 9.47 Å². The van der Waals surface area contributed by atoms with Crippen molar-refractivity contribution in [3.63, 3.8) is 0 Å². The van der Waals surface area contributed by atoms with Crippen molar-refractivity contribution >= 4 is 27.4 Å². The number of aromatic nitrogens is 2. The number of fused-ring (bicyclic) bond motifs is 4. The molecule has 0 fully saturated rings. The fraction of sp³-hybridized carbons (Fsp3) is 0.368. The second kappa shape index (κ2) is 5.88. The van der Waals surface area contributed by atoms with E-state index >= 15 is 0 Å². The first-order valence-corrected chi connectivity index (χ1v) is 9.51. The van der Waals surface area contributed by atoms with Crippen LogP contribution in [0.3, 0.4) is 0 Å². The molecule has 2 aromatic heterocycles. The van der Waals surface area contributed by atoms with Crippen LogP contribution in [0.15, 0.2) is 24.3 Å². The standard InChI is InChI=1S/C19H19N3O2S/c1-11-21-18(17-13-5-4-8-16(13)25-19(17)22-11)20-9-12-10-23-14-6-2-3-7-15(14)24-12/h2-3,6-7,12H,4-5,8-10H2,1H3,(H,20,21,22)/t12-/m1/s1. The number of thiophene rings is 1. The van der Waals surface area contributed by atoms with E-state index in [1.807, 2.05) is 42.5 Å². The molecule has 0 bridgehead atoms. The number of hydrogen-bond donors (Lipinski definition) is 1. The van der Waals surface area contributed by atoms with Gasteiger partial charge < -0.3 is 14.8 Å². The molecule has 1 aliphatic carbocycles. The van der Waals surface area contributed by atoms with Crippen molar-refractivity contribution in [2.45, 2.75) is 32.3 Å². The molecule has 1 aliphatic heterocycles. The molecule has 25 heavy (non-hydrogen) atoms. The van der Waals surface area contributed by atoms with Crippen LogP contribution in [-0.4, -0.2) is 29.2 Å². The minimum Gasteiger partial charge on any atom is -0.486 e. The van der Waals surface area contributed by atoms with Crippen molar-refractivity contribution in [3.05, 3.63) is 40.5 Å². The molecule has 2 aliphatic rings. The van der Waals surface area contributed by atoms with Crippen molar-refractivity contribution in [1.29, 1.82) is 0 Å². The highest BCUT2D eigenvalue weighted by Crippen LogP contribution is 2.39. The van der Waals surface area contributed by atoms with Gasteiger partial charge in [0.15, 0.2) is 11.5 Å². The van der Waals surface area contributed by atoms with Gasteiger partial charge in [0.25, 0.3) is 0 Å². The Balaban J connectivity index is 1.40. The monoisotopic (exact) mass is 353 g/mol. The van der Waals surface area contributed by atoms with Crippen LogP contribution >= 0.6 is 11.3 Å². The number of aryl methyl sites for hydroxylation is 3. The predicted molar refractivity (Wildman–Crippen MR) is 99.0 cm³/mol. The third kappa shape index (κ3) is 2.61. The zero-order valence-electron chi connectivity index (χ0n) is 14.0. The van der Waals surface area contributed by atoms with Crippen LogP contribution in [0.5, 0.6) is 11.5 Å². The van der Waals surface area contributed by atoms with Gasteiger partial charge in [0, 0.05) is 4.88 Å². The maximum Gasteiger partial charge on any atom is 0.161 e. The summed E-state index contributed by atoms with van der Waals surface area (Å²) < 4.78 is 11.8. The number of anilines is 1. The first-order valence-electron chi connectivity index (χ1n) is 8.69. The Bertz CT molecular complexity index is 953.